The van der Waals surface area contributed by atoms with Crippen molar-refractivity contribution in [2.75, 3.05) is 0 Å². The van der Waals surface area contributed by atoms with Crippen molar-refractivity contribution in [1.29, 1.82) is 5.26 Å². The van der Waals surface area contributed by atoms with E-state index in [0.29, 0.717) is 22.1 Å². The Morgan fingerprint density at radius 2 is 1.82 bits per heavy atom. The molecule has 0 N–H and O–H groups in total. The molecule has 2 nitrogen and oxygen atoms in total. The Morgan fingerprint density at radius 3 is 2.47 bits per heavy atom. The topological polar surface area (TPSA) is 33.0 Å². The van der Waals surface area contributed by atoms with E-state index in [4.69, 9.17) is 21.6 Å². The van der Waals surface area contributed by atoms with Gasteiger partial charge in [-0.05, 0) is 59.0 Å². The molecule has 0 atom stereocenters. The summed E-state index contributed by atoms with van der Waals surface area (Å²) in [5.41, 5.74) is 0.354. The van der Waals surface area contributed by atoms with Crippen LogP contribution in [0.3, 0.4) is 0 Å². The zero-order valence-electron chi connectivity index (χ0n) is 8.65. The number of benzene rings is 2. The van der Waals surface area contributed by atoms with Crippen molar-refractivity contribution in [3.63, 3.8) is 0 Å². The molecule has 2 aromatic carbocycles. The van der Waals surface area contributed by atoms with Gasteiger partial charge >= 0.3 is 0 Å². The molecule has 0 bridgehead atoms. The lowest BCUT2D eigenvalue weighted by molar-refractivity contribution is 0.481. The molecular formula is C13H7ClINO. The molecule has 17 heavy (non-hydrogen) atoms. The Balaban J connectivity index is 2.34. The van der Waals surface area contributed by atoms with E-state index in [1.54, 1.807) is 18.2 Å². The van der Waals surface area contributed by atoms with Crippen LogP contribution in [0, 0.1) is 14.9 Å². The first kappa shape index (κ1) is 12.2. The maximum Gasteiger partial charge on any atom is 0.146 e. The van der Waals surface area contributed by atoms with E-state index >= 15 is 0 Å². The maximum atomic E-state index is 9.01. The molecule has 0 aliphatic carbocycles. The third-order valence-electron chi connectivity index (χ3n) is 2.13. The summed E-state index contributed by atoms with van der Waals surface area (Å²) in [7, 11) is 0. The Hall–Kier alpha value is -1.25. The first-order valence-corrected chi connectivity index (χ1v) is 6.28. The summed E-state index contributed by atoms with van der Waals surface area (Å²) in [6, 6.07) is 14.8. The third-order valence-corrected chi connectivity index (χ3v) is 3.16. The van der Waals surface area contributed by atoms with Gasteiger partial charge in [-0.15, -0.1) is 0 Å². The second-order valence-electron chi connectivity index (χ2n) is 3.28. The average molecular weight is 356 g/mol. The van der Waals surface area contributed by atoms with Gasteiger partial charge in [0.05, 0.1) is 5.02 Å². The van der Waals surface area contributed by atoms with E-state index in [2.05, 4.69) is 22.6 Å². The molecule has 2 rings (SSSR count). The average Bonchev–Trinajstić information content (AvgIpc) is 2.32. The van der Waals surface area contributed by atoms with Crippen LogP contribution >= 0.6 is 34.2 Å². The number of halogens is 2. The SMILES string of the molecule is N#Cc1c(Cl)cccc1Oc1ccc(I)cc1. The van der Waals surface area contributed by atoms with Gasteiger partial charge in [-0.2, -0.15) is 5.26 Å². The number of rotatable bonds is 2. The molecule has 0 amide bonds. The predicted octanol–water partition coefficient (Wildman–Crippen LogP) is 4.61. The second-order valence-corrected chi connectivity index (χ2v) is 4.93. The molecule has 0 unspecified atom stereocenters. The molecule has 0 saturated heterocycles. The van der Waals surface area contributed by atoms with E-state index in [-0.39, 0.29) is 0 Å². The number of hydrogen-bond acceptors (Lipinski definition) is 2. The zero-order chi connectivity index (χ0) is 12.3. The van der Waals surface area contributed by atoms with E-state index in [1.807, 2.05) is 30.3 Å². The largest absolute Gasteiger partial charge is 0.456 e. The Morgan fingerprint density at radius 1 is 1.12 bits per heavy atom. The van der Waals surface area contributed by atoms with Gasteiger partial charge in [0.1, 0.15) is 23.1 Å². The van der Waals surface area contributed by atoms with Crippen LogP contribution in [-0.4, -0.2) is 0 Å². The molecule has 0 fully saturated rings. The van der Waals surface area contributed by atoms with Gasteiger partial charge in [-0.1, -0.05) is 17.7 Å². The summed E-state index contributed by atoms with van der Waals surface area (Å²) in [5, 5.41) is 9.40. The highest BCUT2D eigenvalue weighted by Crippen LogP contribution is 2.29. The minimum atomic E-state index is 0.354. The van der Waals surface area contributed by atoms with E-state index in [9.17, 15) is 0 Å². The standard InChI is InChI=1S/C13H7ClINO/c14-12-2-1-3-13(11(12)8-16)17-10-6-4-9(15)5-7-10/h1-7H. The fourth-order valence-corrected chi connectivity index (χ4v) is 1.90. The van der Waals surface area contributed by atoms with Crippen LogP contribution in [0.15, 0.2) is 42.5 Å². The molecule has 2 aromatic rings. The molecule has 0 aromatic heterocycles. The van der Waals surface area contributed by atoms with Crippen LogP contribution < -0.4 is 4.74 Å². The van der Waals surface area contributed by atoms with Crippen molar-refractivity contribution < 1.29 is 4.74 Å². The molecule has 0 aliphatic heterocycles. The molecule has 0 saturated carbocycles. The summed E-state index contributed by atoms with van der Waals surface area (Å²) in [6.45, 7) is 0. The van der Waals surface area contributed by atoms with E-state index < -0.39 is 0 Å². The molecule has 84 valence electrons. The Labute approximate surface area is 118 Å². The highest BCUT2D eigenvalue weighted by atomic mass is 127. The molecule has 0 spiro atoms. The molecule has 0 radical (unpaired) electrons. The molecule has 0 aliphatic rings. The Kier molecular flexibility index (Phi) is 3.87. The van der Waals surface area contributed by atoms with Gasteiger partial charge < -0.3 is 4.74 Å². The number of nitriles is 1. The van der Waals surface area contributed by atoms with Gasteiger partial charge in [-0.25, -0.2) is 0 Å². The van der Waals surface area contributed by atoms with Gasteiger partial charge in [0, 0.05) is 3.57 Å². The zero-order valence-corrected chi connectivity index (χ0v) is 11.6. The van der Waals surface area contributed by atoms with Gasteiger partial charge in [-0.3, -0.25) is 0 Å². The lowest BCUT2D eigenvalue weighted by Gasteiger charge is -2.08. The first-order chi connectivity index (χ1) is 8.20. The predicted molar refractivity (Wildman–Crippen MR) is 75.4 cm³/mol. The minimum absolute atomic E-state index is 0.354. The summed E-state index contributed by atoms with van der Waals surface area (Å²) in [6.07, 6.45) is 0. The van der Waals surface area contributed by atoms with Gasteiger partial charge in [0.25, 0.3) is 0 Å². The fraction of sp³-hybridized carbons (Fsp3) is 0. The van der Waals surface area contributed by atoms with Crippen LogP contribution in [0.5, 0.6) is 11.5 Å². The van der Waals surface area contributed by atoms with Crippen LogP contribution in [0.1, 0.15) is 5.56 Å². The monoisotopic (exact) mass is 355 g/mol. The number of ether oxygens (including phenoxy) is 1. The smallest absolute Gasteiger partial charge is 0.146 e. The first-order valence-electron chi connectivity index (χ1n) is 4.83. The van der Waals surface area contributed by atoms with Crippen LogP contribution in [0.25, 0.3) is 0 Å². The van der Waals surface area contributed by atoms with E-state index in [1.165, 1.54) is 0 Å². The van der Waals surface area contributed by atoms with Crippen molar-refractivity contribution >= 4 is 34.2 Å². The summed E-state index contributed by atoms with van der Waals surface area (Å²) in [4.78, 5) is 0. The summed E-state index contributed by atoms with van der Waals surface area (Å²) < 4.78 is 6.75. The summed E-state index contributed by atoms with van der Waals surface area (Å²) in [5.74, 6) is 1.16. The van der Waals surface area contributed by atoms with Crippen LogP contribution in [0.4, 0.5) is 0 Å². The van der Waals surface area contributed by atoms with Crippen molar-refractivity contribution in [3.8, 4) is 17.6 Å². The van der Waals surface area contributed by atoms with Gasteiger partial charge in [0.15, 0.2) is 0 Å². The normalized spacial score (nSPS) is 9.71. The second kappa shape index (κ2) is 5.39. The van der Waals surface area contributed by atoms with Crippen molar-refractivity contribution in [2.45, 2.75) is 0 Å². The van der Waals surface area contributed by atoms with Crippen molar-refractivity contribution in [1.82, 2.24) is 0 Å². The number of nitrogens with zero attached hydrogens (tertiary/aromatic N) is 1. The minimum Gasteiger partial charge on any atom is -0.456 e. The highest BCUT2D eigenvalue weighted by molar-refractivity contribution is 14.1. The van der Waals surface area contributed by atoms with Crippen LogP contribution in [0.2, 0.25) is 5.02 Å². The quantitative estimate of drug-likeness (QED) is 0.737. The Bertz CT molecular complexity index is 575. The fourth-order valence-electron chi connectivity index (χ4n) is 1.33. The molecule has 4 heteroatoms. The lowest BCUT2D eigenvalue weighted by Crippen LogP contribution is -1.89. The van der Waals surface area contributed by atoms with Crippen molar-refractivity contribution in [2.24, 2.45) is 0 Å². The van der Waals surface area contributed by atoms with Crippen molar-refractivity contribution in [3.05, 3.63) is 56.6 Å². The maximum absolute atomic E-state index is 9.01. The van der Waals surface area contributed by atoms with Gasteiger partial charge in [0.2, 0.25) is 0 Å². The van der Waals surface area contributed by atoms with E-state index in [0.717, 1.165) is 3.57 Å². The summed E-state index contributed by atoms with van der Waals surface area (Å²) >= 11 is 8.14. The van der Waals surface area contributed by atoms with Crippen LogP contribution in [-0.2, 0) is 0 Å². The number of hydrogen-bond donors (Lipinski definition) is 0. The third kappa shape index (κ3) is 2.90. The molecular weight excluding hydrogens is 349 g/mol. The highest BCUT2D eigenvalue weighted by Gasteiger charge is 2.08. The lowest BCUT2D eigenvalue weighted by atomic mass is 10.2. The molecule has 0 heterocycles.